The zero-order valence-corrected chi connectivity index (χ0v) is 32.1. The molecular formula is C38H46F5N9O4. The van der Waals surface area contributed by atoms with Crippen molar-refractivity contribution in [3.05, 3.63) is 23.4 Å². The summed E-state index contributed by atoms with van der Waals surface area (Å²) in [6.07, 6.45) is -0.292. The fourth-order valence-electron chi connectivity index (χ4n) is 8.93. The Labute approximate surface area is 319 Å². The van der Waals surface area contributed by atoms with E-state index in [4.69, 9.17) is 29.3 Å². The quantitative estimate of drug-likeness (QED) is 0.178. The van der Waals surface area contributed by atoms with Crippen LogP contribution in [0, 0.1) is 5.41 Å². The van der Waals surface area contributed by atoms with Gasteiger partial charge in [-0.3, -0.25) is 4.68 Å². The van der Waals surface area contributed by atoms with Crippen LogP contribution in [0.4, 0.5) is 27.8 Å². The number of aryl methyl sites for hydroxylation is 2. The zero-order valence-electron chi connectivity index (χ0n) is 32.1. The Morgan fingerprint density at radius 3 is 2.50 bits per heavy atom. The highest BCUT2D eigenvalue weighted by Crippen LogP contribution is 2.61. The highest BCUT2D eigenvalue weighted by molar-refractivity contribution is 6.16. The van der Waals surface area contributed by atoms with Crippen molar-refractivity contribution in [2.45, 2.75) is 75.3 Å². The molecule has 1 aromatic carbocycles. The number of rotatable bonds is 9. The number of hydrogen-bond acceptors (Lipinski definition) is 10. The van der Waals surface area contributed by atoms with Gasteiger partial charge in [0, 0.05) is 51.2 Å². The van der Waals surface area contributed by atoms with Crippen LogP contribution in [0.15, 0.2) is 12.3 Å². The Kier molecular flexibility index (Phi) is 8.65. The van der Waals surface area contributed by atoms with E-state index in [1.807, 2.05) is 4.90 Å². The summed E-state index contributed by atoms with van der Waals surface area (Å²) in [7, 11) is 6.93. The molecule has 3 atom stereocenters. The van der Waals surface area contributed by atoms with Gasteiger partial charge in [0.25, 0.3) is 5.92 Å². The van der Waals surface area contributed by atoms with E-state index in [1.165, 1.54) is 6.07 Å². The SMILES string of the molecule is CN(C)C[C@@]1(COc2nc(N3CCOC[C@@](C)(O)C3)c3c4c(c(-c5c(C6CC6)c(C(F)(F)F)cc6c5cnn6C5CCCCO5)nn4C)n(C)c3n2)CC1(F)F. The fourth-order valence-corrected chi connectivity index (χ4v) is 8.93. The van der Waals surface area contributed by atoms with Gasteiger partial charge in [0.05, 0.1) is 58.9 Å². The maximum atomic E-state index is 15.2. The zero-order chi connectivity index (χ0) is 39.5. The van der Waals surface area contributed by atoms with Crippen LogP contribution in [-0.4, -0.2) is 116 Å². The third-order valence-electron chi connectivity index (χ3n) is 11.7. The second-order valence-corrected chi connectivity index (χ2v) is 16.7. The Morgan fingerprint density at radius 1 is 1.07 bits per heavy atom. The van der Waals surface area contributed by atoms with E-state index >= 15 is 13.2 Å². The summed E-state index contributed by atoms with van der Waals surface area (Å²) in [5.41, 5.74) is -0.785. The minimum Gasteiger partial charge on any atom is -0.462 e. The Bertz CT molecular complexity index is 2340. The lowest BCUT2D eigenvalue weighted by Crippen LogP contribution is -2.42. The maximum Gasteiger partial charge on any atom is 0.416 e. The molecule has 9 rings (SSSR count). The molecule has 0 spiro atoms. The minimum absolute atomic E-state index is 0.0817. The lowest BCUT2D eigenvalue weighted by Gasteiger charge is -2.29. The van der Waals surface area contributed by atoms with Crippen molar-refractivity contribution in [3.8, 4) is 17.3 Å². The second kappa shape index (κ2) is 12.9. The van der Waals surface area contributed by atoms with Crippen molar-refractivity contribution >= 4 is 38.8 Å². The maximum absolute atomic E-state index is 15.2. The van der Waals surface area contributed by atoms with E-state index < -0.39 is 34.9 Å². The molecular weight excluding hydrogens is 741 g/mol. The van der Waals surface area contributed by atoms with Crippen LogP contribution in [0.5, 0.6) is 6.01 Å². The number of anilines is 1. The van der Waals surface area contributed by atoms with E-state index in [0.29, 0.717) is 82.5 Å². The van der Waals surface area contributed by atoms with E-state index in [0.717, 1.165) is 12.8 Å². The Morgan fingerprint density at radius 2 is 1.84 bits per heavy atom. The van der Waals surface area contributed by atoms with Gasteiger partial charge in [-0.25, -0.2) is 13.5 Å². The molecule has 18 heteroatoms. The molecule has 56 heavy (non-hydrogen) atoms. The molecule has 0 radical (unpaired) electrons. The topological polar surface area (TPSA) is 121 Å². The fraction of sp³-hybridized carbons (Fsp3) is 0.632. The van der Waals surface area contributed by atoms with Gasteiger partial charge in [-0.05, 0) is 70.7 Å². The molecule has 0 amide bonds. The molecule has 4 aromatic heterocycles. The van der Waals surface area contributed by atoms with Crippen LogP contribution in [0.25, 0.3) is 44.2 Å². The molecule has 1 unspecified atom stereocenters. The molecule has 302 valence electrons. The third-order valence-corrected chi connectivity index (χ3v) is 11.7. The Hall–Kier alpha value is -4.13. The molecule has 0 bridgehead atoms. The molecule has 4 fully saturated rings. The van der Waals surface area contributed by atoms with Crippen molar-refractivity contribution < 1.29 is 41.3 Å². The van der Waals surface area contributed by atoms with E-state index in [1.54, 1.807) is 60.1 Å². The van der Waals surface area contributed by atoms with Crippen molar-refractivity contribution in [2.24, 2.45) is 19.5 Å². The van der Waals surface area contributed by atoms with Crippen LogP contribution < -0.4 is 9.64 Å². The summed E-state index contributed by atoms with van der Waals surface area (Å²) in [5.74, 6) is -2.88. The molecule has 13 nitrogen and oxygen atoms in total. The molecule has 1 N–H and O–H groups in total. The lowest BCUT2D eigenvalue weighted by atomic mass is 9.91. The first-order valence-corrected chi connectivity index (χ1v) is 19.2. The van der Waals surface area contributed by atoms with E-state index in [-0.39, 0.29) is 56.8 Å². The summed E-state index contributed by atoms with van der Waals surface area (Å²) in [4.78, 5) is 13.2. The normalized spacial score (nSPS) is 25.9. The standard InChI is InChI=1S/C38H46F5N9O4/c1-35(53)17-51(11-13-54-19-35)33-28-30-31(49(4)32(28)45-34(46-33)56-20-36(18-48(2)3)16-37(36,39)40)29(47-50(30)5)27-22-15-44-52(25-8-6-7-12-55-25)24(22)14-23(38(41,42)43)26(27)21-9-10-21/h14-15,21,25,53H,6-13,16-20H2,1-5H3/t25?,35-,36+/m0/s1. The number of benzene rings is 1. The van der Waals surface area contributed by atoms with Gasteiger partial charge in [-0.2, -0.15) is 33.3 Å². The minimum atomic E-state index is -4.66. The number of aromatic nitrogens is 7. The third kappa shape index (κ3) is 6.18. The number of fused-ring (bicyclic) bond motifs is 4. The van der Waals surface area contributed by atoms with Crippen molar-refractivity contribution in [1.82, 2.24) is 39.0 Å². The van der Waals surface area contributed by atoms with Gasteiger partial charge in [-0.1, -0.05) is 0 Å². The molecule has 2 aliphatic carbocycles. The number of halogens is 5. The largest absolute Gasteiger partial charge is 0.462 e. The van der Waals surface area contributed by atoms with E-state index in [2.05, 4.69) is 5.10 Å². The molecule has 5 aromatic rings. The smallest absolute Gasteiger partial charge is 0.416 e. The van der Waals surface area contributed by atoms with Gasteiger partial charge in [-0.15, -0.1) is 0 Å². The van der Waals surface area contributed by atoms with Crippen molar-refractivity contribution in [3.63, 3.8) is 0 Å². The summed E-state index contributed by atoms with van der Waals surface area (Å²) in [5, 5.41) is 21.9. The molecule has 2 aliphatic heterocycles. The van der Waals surface area contributed by atoms with Gasteiger partial charge in [0.15, 0.2) is 11.9 Å². The summed E-state index contributed by atoms with van der Waals surface area (Å²) in [6, 6.07) is 1.08. The van der Waals surface area contributed by atoms with Gasteiger partial charge >= 0.3 is 12.2 Å². The van der Waals surface area contributed by atoms with Crippen LogP contribution in [0.2, 0.25) is 0 Å². The predicted octanol–water partition coefficient (Wildman–Crippen LogP) is 6.02. The lowest BCUT2D eigenvalue weighted by molar-refractivity contribution is -0.138. The van der Waals surface area contributed by atoms with Crippen LogP contribution in [0.1, 0.15) is 68.7 Å². The molecule has 2 saturated heterocycles. The average molecular weight is 788 g/mol. The second-order valence-electron chi connectivity index (χ2n) is 16.7. The molecule has 4 aliphatic rings. The Balaban J connectivity index is 1.28. The highest BCUT2D eigenvalue weighted by atomic mass is 19.4. The molecule has 2 saturated carbocycles. The highest BCUT2D eigenvalue weighted by Gasteiger charge is 2.71. The van der Waals surface area contributed by atoms with Crippen LogP contribution in [-0.2, 0) is 29.7 Å². The van der Waals surface area contributed by atoms with Gasteiger partial charge < -0.3 is 33.7 Å². The summed E-state index contributed by atoms with van der Waals surface area (Å²) >= 11 is 0. The predicted molar refractivity (Wildman–Crippen MR) is 197 cm³/mol. The van der Waals surface area contributed by atoms with Gasteiger partial charge in [0.1, 0.15) is 23.7 Å². The first-order chi connectivity index (χ1) is 26.5. The molecule has 6 heterocycles. The number of alkyl halides is 5. The van der Waals surface area contributed by atoms with Gasteiger partial charge in [0.2, 0.25) is 0 Å². The van der Waals surface area contributed by atoms with E-state index in [9.17, 15) is 13.9 Å². The first-order valence-electron chi connectivity index (χ1n) is 19.2. The number of β-amino-alcohol motifs (C(OH)–C–C–N with tert-alkyl or cyclic N) is 1. The number of ether oxygens (including phenoxy) is 3. The van der Waals surface area contributed by atoms with Crippen molar-refractivity contribution in [1.29, 1.82) is 0 Å². The van der Waals surface area contributed by atoms with Crippen molar-refractivity contribution in [2.75, 3.05) is 65.1 Å². The summed E-state index contributed by atoms with van der Waals surface area (Å²) in [6.45, 7) is 2.71. The van der Waals surface area contributed by atoms with Crippen LogP contribution in [0.3, 0.4) is 0 Å². The first kappa shape index (κ1) is 37.4. The number of aliphatic hydroxyl groups is 1. The summed E-state index contributed by atoms with van der Waals surface area (Å²) < 4.78 is 97.9. The average Bonchev–Trinajstić information content (AvgIpc) is 3.94. The van der Waals surface area contributed by atoms with Crippen LogP contribution >= 0.6 is 0 Å². The number of hydrogen-bond donors (Lipinski definition) is 1. The monoisotopic (exact) mass is 787 g/mol. The number of nitrogens with zero attached hydrogens (tertiary/aromatic N) is 9.